The Morgan fingerprint density at radius 2 is 1.67 bits per heavy atom. The van der Waals surface area contributed by atoms with E-state index in [4.69, 9.17) is 0 Å². The zero-order valence-electron chi connectivity index (χ0n) is 11.9. The number of hydrogen-bond acceptors (Lipinski definition) is 3. The summed E-state index contributed by atoms with van der Waals surface area (Å²) in [5.41, 5.74) is -0.113. The fraction of sp³-hybridized carbons (Fsp3) is 0.786. The molecule has 1 radical (unpaired) electrons. The summed E-state index contributed by atoms with van der Waals surface area (Å²) in [7, 11) is 0. The standard InChI is InChI=1S/C14H23N2O2/c1-9-6-11(17)16(12(9)18)10-7-13(2,3)15-14(4,5)8-10/h6,9-10,15H,7-8H2,1-5H3. The second-order valence-electron chi connectivity index (χ2n) is 6.96. The second-order valence-corrected chi connectivity index (χ2v) is 6.96. The summed E-state index contributed by atoms with van der Waals surface area (Å²) in [5, 5.41) is 3.57. The molecule has 2 aliphatic heterocycles. The summed E-state index contributed by atoms with van der Waals surface area (Å²) in [5.74, 6) is -0.428. The van der Waals surface area contributed by atoms with Crippen LogP contribution in [0, 0.1) is 12.3 Å². The number of hydrogen-bond donors (Lipinski definition) is 1. The molecule has 2 fully saturated rings. The number of likely N-dealkylation sites (tertiary alicyclic amines) is 1. The van der Waals surface area contributed by atoms with Crippen LogP contribution in [-0.2, 0) is 9.59 Å². The van der Waals surface area contributed by atoms with E-state index in [1.54, 1.807) is 6.92 Å². The van der Waals surface area contributed by atoms with Crippen molar-refractivity contribution < 1.29 is 9.59 Å². The summed E-state index contributed by atoms with van der Waals surface area (Å²) >= 11 is 0. The molecule has 0 aliphatic carbocycles. The van der Waals surface area contributed by atoms with E-state index in [-0.39, 0.29) is 34.9 Å². The van der Waals surface area contributed by atoms with E-state index in [0.29, 0.717) is 0 Å². The number of amides is 2. The second kappa shape index (κ2) is 4.05. The molecule has 2 aliphatic rings. The topological polar surface area (TPSA) is 49.4 Å². The zero-order valence-corrected chi connectivity index (χ0v) is 11.9. The molecule has 4 heteroatoms. The van der Waals surface area contributed by atoms with Crippen LogP contribution < -0.4 is 5.32 Å². The number of nitrogens with zero attached hydrogens (tertiary/aromatic N) is 1. The number of rotatable bonds is 1. The zero-order chi connectivity index (χ0) is 13.7. The lowest BCUT2D eigenvalue weighted by molar-refractivity contribution is -0.143. The van der Waals surface area contributed by atoms with Gasteiger partial charge in [-0.3, -0.25) is 14.5 Å². The Bertz CT molecular complexity index is 371. The monoisotopic (exact) mass is 251 g/mol. The van der Waals surface area contributed by atoms with Crippen LogP contribution in [0.25, 0.3) is 0 Å². The van der Waals surface area contributed by atoms with Gasteiger partial charge in [-0.05, 0) is 40.5 Å². The predicted octanol–water partition coefficient (Wildman–Crippen LogP) is 1.50. The van der Waals surface area contributed by atoms with Crippen LogP contribution in [0.5, 0.6) is 0 Å². The Labute approximate surface area is 109 Å². The maximum Gasteiger partial charge on any atom is 0.234 e. The first-order valence-corrected chi connectivity index (χ1v) is 6.63. The number of piperidine rings is 1. The number of nitrogens with one attached hydrogen (secondary N) is 1. The minimum atomic E-state index is -0.265. The third-order valence-electron chi connectivity index (χ3n) is 3.79. The third kappa shape index (κ3) is 2.44. The fourth-order valence-corrected chi connectivity index (χ4v) is 3.50. The Morgan fingerprint density at radius 1 is 1.17 bits per heavy atom. The first kappa shape index (κ1) is 13.5. The van der Waals surface area contributed by atoms with Gasteiger partial charge in [0.25, 0.3) is 0 Å². The Hall–Kier alpha value is -0.900. The molecular weight excluding hydrogens is 228 g/mol. The Balaban J connectivity index is 2.23. The van der Waals surface area contributed by atoms with Gasteiger partial charge in [0.05, 0.1) is 6.42 Å². The summed E-state index contributed by atoms with van der Waals surface area (Å²) in [6.45, 7) is 10.3. The molecule has 2 rings (SSSR count). The molecule has 2 saturated heterocycles. The van der Waals surface area contributed by atoms with E-state index in [1.165, 1.54) is 11.3 Å². The van der Waals surface area contributed by atoms with Crippen LogP contribution in [0.3, 0.4) is 0 Å². The van der Waals surface area contributed by atoms with Gasteiger partial charge in [-0.25, -0.2) is 0 Å². The van der Waals surface area contributed by atoms with Crippen molar-refractivity contribution in [1.82, 2.24) is 10.2 Å². The molecule has 0 aromatic carbocycles. The van der Waals surface area contributed by atoms with Crippen LogP contribution in [-0.4, -0.2) is 33.8 Å². The average Bonchev–Trinajstić information content (AvgIpc) is 2.35. The lowest BCUT2D eigenvalue weighted by Gasteiger charge is -2.48. The third-order valence-corrected chi connectivity index (χ3v) is 3.79. The van der Waals surface area contributed by atoms with E-state index in [2.05, 4.69) is 33.0 Å². The van der Waals surface area contributed by atoms with Gasteiger partial charge in [-0.2, -0.15) is 0 Å². The molecule has 1 N–H and O–H groups in total. The van der Waals surface area contributed by atoms with E-state index < -0.39 is 0 Å². The molecular formula is C14H23N2O2. The van der Waals surface area contributed by atoms with Gasteiger partial charge in [-0.15, -0.1) is 0 Å². The summed E-state index contributed by atoms with van der Waals surface area (Å²) in [4.78, 5) is 25.5. The van der Waals surface area contributed by atoms with Gasteiger partial charge in [0.15, 0.2) is 0 Å². The van der Waals surface area contributed by atoms with Crippen LogP contribution in [0.2, 0.25) is 0 Å². The molecule has 0 spiro atoms. The smallest absolute Gasteiger partial charge is 0.234 e. The van der Waals surface area contributed by atoms with Gasteiger partial charge in [0.1, 0.15) is 0 Å². The van der Waals surface area contributed by atoms with Crippen LogP contribution in [0.1, 0.15) is 47.5 Å². The highest BCUT2D eigenvalue weighted by atomic mass is 16.2. The largest absolute Gasteiger partial charge is 0.307 e. The quantitative estimate of drug-likeness (QED) is 0.719. The van der Waals surface area contributed by atoms with E-state index >= 15 is 0 Å². The maximum absolute atomic E-state index is 12.1. The highest BCUT2D eigenvalue weighted by Gasteiger charge is 2.46. The molecule has 101 valence electrons. The van der Waals surface area contributed by atoms with Gasteiger partial charge in [-0.1, -0.05) is 6.92 Å². The average molecular weight is 251 g/mol. The summed E-state index contributed by atoms with van der Waals surface area (Å²) in [6, 6.07) is 0.0115. The van der Waals surface area contributed by atoms with Gasteiger partial charge in [0, 0.05) is 23.0 Å². The van der Waals surface area contributed by atoms with Crippen LogP contribution in [0.15, 0.2) is 0 Å². The van der Waals surface area contributed by atoms with Crippen molar-refractivity contribution in [2.45, 2.75) is 64.6 Å². The summed E-state index contributed by atoms with van der Waals surface area (Å²) < 4.78 is 0. The van der Waals surface area contributed by atoms with Gasteiger partial charge >= 0.3 is 0 Å². The van der Waals surface area contributed by atoms with Crippen molar-refractivity contribution in [3.8, 4) is 0 Å². The molecule has 2 heterocycles. The lowest BCUT2D eigenvalue weighted by atomic mass is 9.79. The molecule has 18 heavy (non-hydrogen) atoms. The molecule has 0 aromatic heterocycles. The normalized spacial score (nSPS) is 32.1. The van der Waals surface area contributed by atoms with Crippen LogP contribution >= 0.6 is 0 Å². The first-order chi connectivity index (χ1) is 8.11. The van der Waals surface area contributed by atoms with Crippen molar-refractivity contribution in [2.24, 2.45) is 5.92 Å². The van der Waals surface area contributed by atoms with E-state index in [0.717, 1.165) is 12.8 Å². The van der Waals surface area contributed by atoms with E-state index in [9.17, 15) is 9.59 Å². The van der Waals surface area contributed by atoms with Crippen molar-refractivity contribution in [1.29, 1.82) is 0 Å². The molecule has 1 atom stereocenters. The van der Waals surface area contributed by atoms with Crippen molar-refractivity contribution in [2.75, 3.05) is 0 Å². The van der Waals surface area contributed by atoms with E-state index in [1.807, 2.05) is 0 Å². The number of carbonyl (C=O) groups is 2. The van der Waals surface area contributed by atoms with Gasteiger partial charge < -0.3 is 5.32 Å². The molecule has 4 nitrogen and oxygen atoms in total. The number of carbonyl (C=O) groups excluding carboxylic acids is 2. The maximum atomic E-state index is 12.1. The molecule has 0 bridgehead atoms. The SMILES string of the molecule is CC1[CH]C(=O)N(C2CC(C)(C)NC(C)(C)C2)C1=O. The lowest BCUT2D eigenvalue weighted by Crippen LogP contribution is -2.62. The highest BCUT2D eigenvalue weighted by molar-refractivity contribution is 6.09. The fourth-order valence-electron chi connectivity index (χ4n) is 3.50. The highest BCUT2D eigenvalue weighted by Crippen LogP contribution is 2.34. The van der Waals surface area contributed by atoms with Crippen LogP contribution in [0.4, 0.5) is 0 Å². The minimum Gasteiger partial charge on any atom is -0.307 e. The Morgan fingerprint density at radius 3 is 2.06 bits per heavy atom. The molecule has 0 saturated carbocycles. The molecule has 2 amide bonds. The summed E-state index contributed by atoms with van der Waals surface area (Å²) in [6.07, 6.45) is 3.16. The number of imide groups is 1. The van der Waals surface area contributed by atoms with Gasteiger partial charge in [0.2, 0.25) is 11.8 Å². The predicted molar refractivity (Wildman–Crippen MR) is 69.6 cm³/mol. The Kier molecular flexibility index (Phi) is 3.05. The van der Waals surface area contributed by atoms with Crippen molar-refractivity contribution in [3.63, 3.8) is 0 Å². The first-order valence-electron chi connectivity index (χ1n) is 6.63. The minimum absolute atomic E-state index is 0.0115. The van der Waals surface area contributed by atoms with Crippen molar-refractivity contribution >= 4 is 11.8 Å². The van der Waals surface area contributed by atoms with Crippen molar-refractivity contribution in [3.05, 3.63) is 6.42 Å². The molecule has 0 aromatic rings. The molecule has 1 unspecified atom stereocenters.